The minimum atomic E-state index is -1.19. The average Bonchev–Trinajstić information content (AvgIpc) is 2.44. The number of rotatable bonds is 7. The number of hydrogen-bond donors (Lipinski definition) is 4. The highest BCUT2D eigenvalue weighted by atomic mass is 16.4. The first-order valence-corrected chi connectivity index (χ1v) is 6.57. The summed E-state index contributed by atoms with van der Waals surface area (Å²) in [4.78, 5) is 38.7. The Kier molecular flexibility index (Phi) is 6.11. The summed E-state index contributed by atoms with van der Waals surface area (Å²) in [6, 6.07) is 1.76. The Balaban J connectivity index is 2.72. The lowest BCUT2D eigenvalue weighted by Gasteiger charge is -2.14. The molecule has 1 aromatic rings. The molecule has 120 valence electrons. The third kappa shape index (κ3) is 4.93. The summed E-state index contributed by atoms with van der Waals surface area (Å²) in [6.07, 6.45) is 2.02. The quantitative estimate of drug-likeness (QED) is 0.277. The summed E-state index contributed by atoms with van der Waals surface area (Å²) < 4.78 is 1.24. The van der Waals surface area contributed by atoms with E-state index in [0.29, 0.717) is 6.42 Å². The highest BCUT2D eigenvalue weighted by Crippen LogP contribution is 2.01. The van der Waals surface area contributed by atoms with Gasteiger partial charge in [-0.25, -0.2) is 4.79 Å². The van der Waals surface area contributed by atoms with E-state index in [4.69, 9.17) is 16.6 Å². The van der Waals surface area contributed by atoms with E-state index in [1.807, 2.05) is 0 Å². The van der Waals surface area contributed by atoms with Gasteiger partial charge < -0.3 is 26.5 Å². The molecule has 1 atom stereocenters. The fraction of sp³-hybridized carbons (Fsp3) is 0.385. The number of hydrogen-bond acceptors (Lipinski definition) is 4. The van der Waals surface area contributed by atoms with Gasteiger partial charge in [-0.15, -0.1) is 0 Å². The van der Waals surface area contributed by atoms with Crippen LogP contribution in [0, 0.1) is 0 Å². The summed E-state index contributed by atoms with van der Waals surface area (Å²) in [5, 5.41) is 11.4. The van der Waals surface area contributed by atoms with Gasteiger partial charge in [0.1, 0.15) is 11.6 Å². The predicted octanol–water partition coefficient (Wildman–Crippen LogP) is -1.38. The first kappa shape index (κ1) is 17.2. The number of carboxylic acids is 1. The Labute approximate surface area is 126 Å². The number of nitrogens with two attached hydrogens (primary N) is 2. The molecule has 0 radical (unpaired) electrons. The second kappa shape index (κ2) is 7.81. The maximum Gasteiger partial charge on any atom is 0.326 e. The molecule has 0 aliphatic rings. The standard InChI is InChI=1S/C13H19N5O4/c1-18-7-3-4-8(11(18)20)10(19)17-9(12(21)22)5-2-6-16-13(14)15/h3-4,7,9H,2,5-6H2,1H3,(H,17,19)(H,21,22)(H4,14,15,16)/t9-/m0/s1. The van der Waals surface area contributed by atoms with E-state index in [0.717, 1.165) is 0 Å². The molecule has 22 heavy (non-hydrogen) atoms. The first-order chi connectivity index (χ1) is 10.3. The molecular formula is C13H19N5O4. The number of carbonyl (C=O) groups is 2. The lowest BCUT2D eigenvalue weighted by atomic mass is 10.1. The zero-order chi connectivity index (χ0) is 16.7. The Morgan fingerprint density at radius 1 is 1.45 bits per heavy atom. The van der Waals surface area contributed by atoms with Crippen LogP contribution in [-0.4, -0.2) is 40.1 Å². The van der Waals surface area contributed by atoms with Crippen LogP contribution in [0.5, 0.6) is 0 Å². The largest absolute Gasteiger partial charge is 0.480 e. The van der Waals surface area contributed by atoms with E-state index in [2.05, 4.69) is 10.3 Å². The molecule has 0 saturated carbocycles. The molecule has 6 N–H and O–H groups in total. The van der Waals surface area contributed by atoms with Gasteiger partial charge in [0.2, 0.25) is 0 Å². The molecule has 1 amide bonds. The van der Waals surface area contributed by atoms with Gasteiger partial charge in [-0.05, 0) is 25.0 Å². The highest BCUT2D eigenvalue weighted by Gasteiger charge is 2.21. The number of carbonyl (C=O) groups excluding carboxylic acids is 1. The number of aliphatic imine (C=N–C) groups is 1. The van der Waals surface area contributed by atoms with Crippen LogP contribution in [0.25, 0.3) is 0 Å². The normalized spacial score (nSPS) is 11.5. The van der Waals surface area contributed by atoms with E-state index >= 15 is 0 Å². The molecule has 1 heterocycles. The summed E-state index contributed by atoms with van der Waals surface area (Å²) in [7, 11) is 1.50. The number of nitrogens with zero attached hydrogens (tertiary/aromatic N) is 2. The summed E-state index contributed by atoms with van der Waals surface area (Å²) in [6.45, 7) is 0.259. The molecule has 0 unspecified atom stereocenters. The van der Waals surface area contributed by atoms with Gasteiger partial charge in [-0.1, -0.05) is 0 Å². The molecular weight excluding hydrogens is 290 g/mol. The molecule has 0 aromatic carbocycles. The third-order valence-corrected chi connectivity index (χ3v) is 2.92. The lowest BCUT2D eigenvalue weighted by Crippen LogP contribution is -2.43. The number of aryl methyl sites for hydroxylation is 1. The van der Waals surface area contributed by atoms with Gasteiger partial charge in [0.05, 0.1) is 0 Å². The van der Waals surface area contributed by atoms with Gasteiger partial charge >= 0.3 is 5.97 Å². The minimum absolute atomic E-state index is 0.0799. The second-order valence-electron chi connectivity index (χ2n) is 4.65. The van der Waals surface area contributed by atoms with Crippen LogP contribution in [0.1, 0.15) is 23.2 Å². The molecule has 0 fully saturated rings. The zero-order valence-corrected chi connectivity index (χ0v) is 12.2. The summed E-state index contributed by atoms with van der Waals surface area (Å²) in [5.74, 6) is -2.00. The molecule has 1 aromatic heterocycles. The minimum Gasteiger partial charge on any atom is -0.480 e. The Bertz CT molecular complexity index is 634. The second-order valence-corrected chi connectivity index (χ2v) is 4.65. The first-order valence-electron chi connectivity index (χ1n) is 6.57. The Morgan fingerprint density at radius 2 is 2.14 bits per heavy atom. The van der Waals surface area contributed by atoms with Gasteiger partial charge in [0.15, 0.2) is 5.96 Å². The van der Waals surface area contributed by atoms with E-state index in [-0.39, 0.29) is 24.5 Å². The van der Waals surface area contributed by atoms with Crippen molar-refractivity contribution in [1.82, 2.24) is 9.88 Å². The molecule has 0 aliphatic carbocycles. The van der Waals surface area contributed by atoms with Crippen molar-refractivity contribution in [2.45, 2.75) is 18.9 Å². The van der Waals surface area contributed by atoms with Crippen molar-refractivity contribution in [3.8, 4) is 0 Å². The predicted molar refractivity (Wildman–Crippen MR) is 80.5 cm³/mol. The van der Waals surface area contributed by atoms with Gasteiger partial charge in [0, 0.05) is 19.8 Å². The van der Waals surface area contributed by atoms with Gasteiger partial charge in [0.25, 0.3) is 11.5 Å². The topological polar surface area (TPSA) is 153 Å². The lowest BCUT2D eigenvalue weighted by molar-refractivity contribution is -0.139. The van der Waals surface area contributed by atoms with E-state index in [9.17, 15) is 14.4 Å². The number of amides is 1. The molecule has 0 saturated heterocycles. The van der Waals surface area contributed by atoms with Crippen LogP contribution in [0.3, 0.4) is 0 Å². The highest BCUT2D eigenvalue weighted by molar-refractivity contribution is 5.96. The Hall–Kier alpha value is -2.84. The SMILES string of the molecule is Cn1cccc(C(=O)N[C@@H](CCCN=C(N)N)C(=O)O)c1=O. The number of aliphatic carboxylic acids is 1. The fourth-order valence-electron chi connectivity index (χ4n) is 1.77. The number of pyridine rings is 1. The van der Waals surface area contributed by atoms with E-state index in [1.54, 1.807) is 0 Å². The van der Waals surface area contributed by atoms with Crippen molar-refractivity contribution in [2.24, 2.45) is 23.5 Å². The van der Waals surface area contributed by atoms with Crippen LogP contribution in [0.2, 0.25) is 0 Å². The van der Waals surface area contributed by atoms with Crippen molar-refractivity contribution in [1.29, 1.82) is 0 Å². The monoisotopic (exact) mass is 309 g/mol. The maximum absolute atomic E-state index is 12.0. The van der Waals surface area contributed by atoms with Crippen molar-refractivity contribution in [3.05, 3.63) is 34.2 Å². The van der Waals surface area contributed by atoms with Gasteiger partial charge in [-0.3, -0.25) is 14.6 Å². The average molecular weight is 309 g/mol. The van der Waals surface area contributed by atoms with Crippen molar-refractivity contribution in [2.75, 3.05) is 6.54 Å². The van der Waals surface area contributed by atoms with E-state index in [1.165, 1.54) is 29.9 Å². The van der Waals surface area contributed by atoms with Crippen LogP contribution in [0.4, 0.5) is 0 Å². The molecule has 0 aliphatic heterocycles. The Morgan fingerprint density at radius 3 is 2.73 bits per heavy atom. The third-order valence-electron chi connectivity index (χ3n) is 2.92. The maximum atomic E-state index is 12.0. The van der Waals surface area contributed by atoms with Gasteiger partial charge in [-0.2, -0.15) is 0 Å². The van der Waals surface area contributed by atoms with E-state index < -0.39 is 23.5 Å². The zero-order valence-electron chi connectivity index (χ0n) is 12.2. The summed E-state index contributed by atoms with van der Waals surface area (Å²) in [5.41, 5.74) is 9.72. The smallest absolute Gasteiger partial charge is 0.326 e. The molecule has 9 nitrogen and oxygen atoms in total. The molecule has 0 spiro atoms. The van der Waals surface area contributed by atoms with Crippen LogP contribution < -0.4 is 22.3 Å². The van der Waals surface area contributed by atoms with Crippen LogP contribution in [-0.2, 0) is 11.8 Å². The van der Waals surface area contributed by atoms with Crippen molar-refractivity contribution < 1.29 is 14.7 Å². The van der Waals surface area contributed by atoms with Crippen LogP contribution in [0.15, 0.2) is 28.1 Å². The number of carboxylic acid groups (broad SMARTS) is 1. The fourth-order valence-corrected chi connectivity index (χ4v) is 1.77. The number of guanidine groups is 1. The molecule has 9 heteroatoms. The molecule has 1 rings (SSSR count). The van der Waals surface area contributed by atoms with Crippen molar-refractivity contribution in [3.63, 3.8) is 0 Å². The number of aromatic nitrogens is 1. The summed E-state index contributed by atoms with van der Waals surface area (Å²) >= 11 is 0. The van der Waals surface area contributed by atoms with Crippen LogP contribution >= 0.6 is 0 Å². The molecule has 0 bridgehead atoms. The van der Waals surface area contributed by atoms with Crippen molar-refractivity contribution >= 4 is 17.8 Å². The number of nitrogens with one attached hydrogen (secondary N) is 1.